The fourth-order valence-electron chi connectivity index (χ4n) is 3.38. The van der Waals surface area contributed by atoms with Crippen LogP contribution in [-0.4, -0.2) is 57.7 Å². The third kappa shape index (κ3) is 6.34. The SMILES string of the molecule is CN=C(NCC(=O)NC1CCCCC1)N(C)Cc1ccc(OC)cc1OC. The maximum Gasteiger partial charge on any atom is 0.239 e. The lowest BCUT2D eigenvalue weighted by Crippen LogP contribution is -2.46. The van der Waals surface area contributed by atoms with Gasteiger partial charge >= 0.3 is 0 Å². The van der Waals surface area contributed by atoms with E-state index in [9.17, 15) is 4.79 Å². The van der Waals surface area contributed by atoms with E-state index in [2.05, 4.69) is 15.6 Å². The Morgan fingerprint density at radius 2 is 1.96 bits per heavy atom. The Kier molecular flexibility index (Phi) is 8.23. The quantitative estimate of drug-likeness (QED) is 0.563. The lowest BCUT2D eigenvalue weighted by atomic mass is 9.95. The molecule has 0 radical (unpaired) electrons. The highest BCUT2D eigenvalue weighted by molar-refractivity contribution is 5.86. The average molecular weight is 377 g/mol. The molecule has 1 aromatic carbocycles. The van der Waals surface area contributed by atoms with Gasteiger partial charge < -0.3 is 25.0 Å². The highest BCUT2D eigenvalue weighted by Crippen LogP contribution is 2.25. The van der Waals surface area contributed by atoms with Gasteiger partial charge in [-0.3, -0.25) is 9.79 Å². The van der Waals surface area contributed by atoms with Crippen molar-refractivity contribution in [1.29, 1.82) is 0 Å². The topological polar surface area (TPSA) is 75.2 Å². The van der Waals surface area contributed by atoms with Gasteiger partial charge in [0, 0.05) is 38.3 Å². The van der Waals surface area contributed by atoms with Gasteiger partial charge in [-0.05, 0) is 25.0 Å². The molecule has 2 rings (SSSR count). The summed E-state index contributed by atoms with van der Waals surface area (Å²) in [6, 6.07) is 6.05. The average Bonchev–Trinajstić information content (AvgIpc) is 2.69. The number of nitrogens with one attached hydrogen (secondary N) is 2. The third-order valence-electron chi connectivity index (χ3n) is 4.85. The van der Waals surface area contributed by atoms with Crippen molar-refractivity contribution in [2.24, 2.45) is 4.99 Å². The van der Waals surface area contributed by atoms with Crippen molar-refractivity contribution in [3.63, 3.8) is 0 Å². The van der Waals surface area contributed by atoms with Crippen LogP contribution in [0.15, 0.2) is 23.2 Å². The number of amides is 1. The molecule has 1 aliphatic carbocycles. The predicted octanol–water partition coefficient (Wildman–Crippen LogP) is 2.16. The molecule has 150 valence electrons. The maximum atomic E-state index is 12.2. The minimum Gasteiger partial charge on any atom is -0.497 e. The predicted molar refractivity (Wildman–Crippen MR) is 107 cm³/mol. The standard InChI is InChI=1S/C20H32N4O3/c1-21-20(22-13-19(25)23-16-8-6-5-7-9-16)24(2)14-15-10-11-17(26-3)12-18(15)27-4/h10-12,16H,5-9,13-14H2,1-4H3,(H,21,22)(H,23,25). The largest absolute Gasteiger partial charge is 0.497 e. The van der Waals surface area contributed by atoms with Crippen LogP contribution in [0.2, 0.25) is 0 Å². The summed E-state index contributed by atoms with van der Waals surface area (Å²) in [5, 5.41) is 6.25. The van der Waals surface area contributed by atoms with Crippen LogP contribution in [0.5, 0.6) is 11.5 Å². The van der Waals surface area contributed by atoms with Gasteiger partial charge in [0.25, 0.3) is 0 Å². The Bertz CT molecular complexity index is 642. The summed E-state index contributed by atoms with van der Waals surface area (Å²) in [7, 11) is 6.91. The van der Waals surface area contributed by atoms with Gasteiger partial charge in [0.2, 0.25) is 5.91 Å². The number of aliphatic imine (C=N–C) groups is 1. The minimum absolute atomic E-state index is 0.0125. The van der Waals surface area contributed by atoms with Gasteiger partial charge in [0.15, 0.2) is 5.96 Å². The monoisotopic (exact) mass is 376 g/mol. The second-order valence-electron chi connectivity index (χ2n) is 6.84. The zero-order valence-corrected chi connectivity index (χ0v) is 16.9. The summed E-state index contributed by atoms with van der Waals surface area (Å²) in [5.41, 5.74) is 1.01. The number of guanidine groups is 1. The molecule has 1 fully saturated rings. The van der Waals surface area contributed by atoms with Gasteiger partial charge in [-0.1, -0.05) is 19.3 Å². The smallest absolute Gasteiger partial charge is 0.239 e. The first-order valence-electron chi connectivity index (χ1n) is 9.49. The number of carbonyl (C=O) groups excluding carboxylic acids is 1. The molecular formula is C20H32N4O3. The highest BCUT2D eigenvalue weighted by atomic mass is 16.5. The molecule has 0 saturated heterocycles. The Hall–Kier alpha value is -2.44. The Morgan fingerprint density at radius 3 is 2.59 bits per heavy atom. The number of methoxy groups -OCH3 is 2. The van der Waals surface area contributed by atoms with E-state index < -0.39 is 0 Å². The lowest BCUT2D eigenvalue weighted by Gasteiger charge is -2.25. The van der Waals surface area contributed by atoms with Crippen LogP contribution in [0, 0.1) is 0 Å². The summed E-state index contributed by atoms with van der Waals surface area (Å²) >= 11 is 0. The normalized spacial score (nSPS) is 15.2. The van der Waals surface area contributed by atoms with Crippen molar-refractivity contribution in [2.45, 2.75) is 44.7 Å². The van der Waals surface area contributed by atoms with E-state index in [1.165, 1.54) is 19.3 Å². The van der Waals surface area contributed by atoms with E-state index in [4.69, 9.17) is 9.47 Å². The summed E-state index contributed by atoms with van der Waals surface area (Å²) in [5.74, 6) is 2.18. The van der Waals surface area contributed by atoms with E-state index in [0.29, 0.717) is 18.5 Å². The number of hydrogen-bond donors (Lipinski definition) is 2. The fourth-order valence-corrected chi connectivity index (χ4v) is 3.38. The molecule has 27 heavy (non-hydrogen) atoms. The Balaban J connectivity index is 1.88. The highest BCUT2D eigenvalue weighted by Gasteiger charge is 2.16. The third-order valence-corrected chi connectivity index (χ3v) is 4.85. The second-order valence-corrected chi connectivity index (χ2v) is 6.84. The van der Waals surface area contributed by atoms with Crippen molar-refractivity contribution in [3.05, 3.63) is 23.8 Å². The maximum absolute atomic E-state index is 12.2. The molecule has 2 N–H and O–H groups in total. The number of rotatable bonds is 7. The van der Waals surface area contributed by atoms with Crippen LogP contribution in [0.3, 0.4) is 0 Å². The molecule has 0 unspecified atom stereocenters. The van der Waals surface area contributed by atoms with Gasteiger partial charge in [-0.25, -0.2) is 0 Å². The summed E-state index contributed by atoms with van der Waals surface area (Å²) in [6.45, 7) is 0.810. The Morgan fingerprint density at radius 1 is 1.22 bits per heavy atom. The number of carbonyl (C=O) groups is 1. The number of hydrogen-bond acceptors (Lipinski definition) is 4. The van der Waals surface area contributed by atoms with Gasteiger partial charge in [0.05, 0.1) is 20.8 Å². The molecule has 0 heterocycles. The van der Waals surface area contributed by atoms with Crippen LogP contribution in [0.1, 0.15) is 37.7 Å². The van der Waals surface area contributed by atoms with Crippen LogP contribution < -0.4 is 20.1 Å². The number of nitrogens with zero attached hydrogens (tertiary/aromatic N) is 2. The van der Waals surface area contributed by atoms with Crippen molar-refractivity contribution in [1.82, 2.24) is 15.5 Å². The first-order valence-corrected chi connectivity index (χ1v) is 9.49. The molecule has 7 heteroatoms. The molecule has 1 saturated carbocycles. The van der Waals surface area contributed by atoms with Gasteiger partial charge in [-0.15, -0.1) is 0 Å². The molecular weight excluding hydrogens is 344 g/mol. The Labute approximate surface area is 162 Å². The molecule has 1 aliphatic rings. The van der Waals surface area contributed by atoms with E-state index in [0.717, 1.165) is 29.9 Å². The second kappa shape index (κ2) is 10.6. The van der Waals surface area contributed by atoms with Crippen molar-refractivity contribution < 1.29 is 14.3 Å². The lowest BCUT2D eigenvalue weighted by molar-refractivity contribution is -0.120. The fraction of sp³-hybridized carbons (Fsp3) is 0.600. The van der Waals surface area contributed by atoms with Crippen molar-refractivity contribution in [2.75, 3.05) is 34.9 Å². The molecule has 1 amide bonds. The van der Waals surface area contributed by atoms with E-state index >= 15 is 0 Å². The number of ether oxygens (including phenoxy) is 2. The van der Waals surface area contributed by atoms with Gasteiger partial charge in [0.1, 0.15) is 11.5 Å². The summed E-state index contributed by atoms with van der Waals surface area (Å²) in [4.78, 5) is 18.4. The molecule has 0 bridgehead atoms. The van der Waals surface area contributed by atoms with Gasteiger partial charge in [-0.2, -0.15) is 0 Å². The zero-order chi connectivity index (χ0) is 19.6. The first-order chi connectivity index (χ1) is 13.1. The number of benzene rings is 1. The minimum atomic E-state index is 0.0125. The zero-order valence-electron chi connectivity index (χ0n) is 16.9. The van der Waals surface area contributed by atoms with E-state index in [-0.39, 0.29) is 12.5 Å². The van der Waals surface area contributed by atoms with E-state index in [1.54, 1.807) is 21.3 Å². The van der Waals surface area contributed by atoms with E-state index in [1.807, 2.05) is 30.1 Å². The van der Waals surface area contributed by atoms with Crippen LogP contribution in [-0.2, 0) is 11.3 Å². The molecule has 0 aliphatic heterocycles. The van der Waals surface area contributed by atoms with Crippen molar-refractivity contribution in [3.8, 4) is 11.5 Å². The molecule has 1 aromatic rings. The molecule has 0 aromatic heterocycles. The van der Waals surface area contributed by atoms with Crippen LogP contribution >= 0.6 is 0 Å². The molecule has 0 atom stereocenters. The molecule has 0 spiro atoms. The van der Waals surface area contributed by atoms with Crippen LogP contribution in [0.25, 0.3) is 0 Å². The van der Waals surface area contributed by atoms with Crippen molar-refractivity contribution >= 4 is 11.9 Å². The summed E-state index contributed by atoms with van der Waals surface area (Å²) < 4.78 is 10.7. The molecule has 7 nitrogen and oxygen atoms in total. The first kappa shape index (κ1) is 20.9. The van der Waals surface area contributed by atoms with Crippen LogP contribution in [0.4, 0.5) is 0 Å². The summed E-state index contributed by atoms with van der Waals surface area (Å²) in [6.07, 6.45) is 5.84.